The SMILES string of the molecule is CC(=O)N(CS)c1cccc(OCc2ccccc2)c1. The van der Waals surface area contributed by atoms with Gasteiger partial charge in [0.2, 0.25) is 5.91 Å². The molecule has 2 rings (SSSR count). The second-order valence-electron chi connectivity index (χ2n) is 4.36. The number of carbonyl (C=O) groups excluding carboxylic acids is 1. The van der Waals surface area contributed by atoms with Gasteiger partial charge in [0, 0.05) is 18.7 Å². The molecule has 2 aromatic rings. The standard InChI is InChI=1S/C16H17NO2S/c1-13(18)17(12-20)15-8-5-9-16(10-15)19-11-14-6-3-2-4-7-14/h2-10,20H,11-12H2,1H3. The summed E-state index contributed by atoms with van der Waals surface area (Å²) in [5.74, 6) is 1.04. The van der Waals surface area contributed by atoms with Gasteiger partial charge in [-0.2, -0.15) is 12.6 Å². The molecular formula is C16H17NO2S. The van der Waals surface area contributed by atoms with Crippen molar-refractivity contribution in [2.75, 3.05) is 10.8 Å². The lowest BCUT2D eigenvalue weighted by molar-refractivity contribution is -0.116. The number of benzene rings is 2. The summed E-state index contributed by atoms with van der Waals surface area (Å²) in [5.41, 5.74) is 1.90. The van der Waals surface area contributed by atoms with Crippen LogP contribution in [0, 0.1) is 0 Å². The molecule has 4 heteroatoms. The highest BCUT2D eigenvalue weighted by molar-refractivity contribution is 7.80. The maximum absolute atomic E-state index is 11.5. The molecule has 0 N–H and O–H groups in total. The lowest BCUT2D eigenvalue weighted by Gasteiger charge is -2.19. The number of amides is 1. The molecule has 0 aromatic heterocycles. The van der Waals surface area contributed by atoms with Gasteiger partial charge in [-0.25, -0.2) is 0 Å². The Bertz CT molecular complexity index is 572. The fraction of sp³-hybridized carbons (Fsp3) is 0.188. The Morgan fingerprint density at radius 3 is 2.55 bits per heavy atom. The van der Waals surface area contributed by atoms with Gasteiger partial charge in [0.25, 0.3) is 0 Å². The predicted molar refractivity (Wildman–Crippen MR) is 84.2 cm³/mol. The molecule has 0 spiro atoms. The Balaban J connectivity index is 2.08. The third-order valence-corrected chi connectivity index (χ3v) is 3.18. The fourth-order valence-electron chi connectivity index (χ4n) is 1.85. The lowest BCUT2D eigenvalue weighted by atomic mass is 10.2. The molecule has 1 amide bonds. The van der Waals surface area contributed by atoms with Gasteiger partial charge in [0.15, 0.2) is 0 Å². The zero-order chi connectivity index (χ0) is 14.4. The van der Waals surface area contributed by atoms with Crippen LogP contribution in [0.1, 0.15) is 12.5 Å². The topological polar surface area (TPSA) is 29.5 Å². The first kappa shape index (κ1) is 14.5. The van der Waals surface area contributed by atoms with E-state index in [9.17, 15) is 4.79 Å². The molecule has 20 heavy (non-hydrogen) atoms. The maximum atomic E-state index is 11.5. The Morgan fingerprint density at radius 1 is 1.15 bits per heavy atom. The average Bonchev–Trinajstić information content (AvgIpc) is 2.47. The van der Waals surface area contributed by atoms with Crippen LogP contribution in [-0.2, 0) is 11.4 Å². The van der Waals surface area contributed by atoms with E-state index in [0.717, 1.165) is 17.0 Å². The number of hydrogen-bond acceptors (Lipinski definition) is 3. The van der Waals surface area contributed by atoms with Gasteiger partial charge in [0.1, 0.15) is 12.4 Å². The first-order chi connectivity index (χ1) is 9.70. The quantitative estimate of drug-likeness (QED) is 0.673. The summed E-state index contributed by atoms with van der Waals surface area (Å²) in [6.45, 7) is 2.03. The van der Waals surface area contributed by atoms with Gasteiger partial charge < -0.3 is 9.64 Å². The van der Waals surface area contributed by atoms with Crippen molar-refractivity contribution in [1.82, 2.24) is 0 Å². The molecule has 0 saturated heterocycles. The zero-order valence-corrected chi connectivity index (χ0v) is 12.2. The van der Waals surface area contributed by atoms with E-state index in [1.165, 1.54) is 6.92 Å². The van der Waals surface area contributed by atoms with Crippen molar-refractivity contribution in [2.45, 2.75) is 13.5 Å². The molecule has 0 atom stereocenters. The van der Waals surface area contributed by atoms with Crippen molar-refractivity contribution in [3.8, 4) is 5.75 Å². The van der Waals surface area contributed by atoms with Crippen molar-refractivity contribution in [3.05, 3.63) is 60.2 Å². The number of hydrogen-bond donors (Lipinski definition) is 1. The lowest BCUT2D eigenvalue weighted by Crippen LogP contribution is -2.26. The minimum Gasteiger partial charge on any atom is -0.489 e. The van der Waals surface area contributed by atoms with Crippen LogP contribution in [0.3, 0.4) is 0 Å². The Morgan fingerprint density at radius 2 is 1.90 bits per heavy atom. The molecule has 0 radical (unpaired) electrons. The average molecular weight is 287 g/mol. The molecule has 0 fully saturated rings. The van der Waals surface area contributed by atoms with E-state index in [1.807, 2.05) is 54.6 Å². The van der Waals surface area contributed by atoms with Crippen LogP contribution >= 0.6 is 12.6 Å². The highest BCUT2D eigenvalue weighted by Gasteiger charge is 2.09. The summed E-state index contributed by atoms with van der Waals surface area (Å²) in [6.07, 6.45) is 0. The predicted octanol–water partition coefficient (Wildman–Crippen LogP) is 3.51. The van der Waals surface area contributed by atoms with Gasteiger partial charge in [-0.1, -0.05) is 36.4 Å². The molecular weight excluding hydrogens is 270 g/mol. The number of rotatable bonds is 5. The number of ether oxygens (including phenoxy) is 1. The minimum absolute atomic E-state index is 0.0415. The van der Waals surface area contributed by atoms with Crippen LogP contribution in [-0.4, -0.2) is 11.8 Å². The highest BCUT2D eigenvalue weighted by Crippen LogP contribution is 2.22. The van der Waals surface area contributed by atoms with Crippen LogP contribution in [0.2, 0.25) is 0 Å². The summed E-state index contributed by atoms with van der Waals surface area (Å²) in [5, 5.41) is 0. The van der Waals surface area contributed by atoms with E-state index in [4.69, 9.17) is 4.74 Å². The summed E-state index contributed by atoms with van der Waals surface area (Å²) < 4.78 is 5.74. The smallest absolute Gasteiger partial charge is 0.224 e. The first-order valence-corrected chi connectivity index (χ1v) is 6.99. The third kappa shape index (κ3) is 3.78. The normalized spacial score (nSPS) is 10.1. The van der Waals surface area contributed by atoms with Gasteiger partial charge in [0.05, 0.1) is 5.88 Å². The Kier molecular flexibility index (Phi) is 5.07. The van der Waals surface area contributed by atoms with Gasteiger partial charge in [-0.3, -0.25) is 4.79 Å². The molecule has 0 aliphatic heterocycles. The molecule has 0 bridgehead atoms. The van der Waals surface area contributed by atoms with Crippen molar-refractivity contribution in [2.24, 2.45) is 0 Å². The van der Waals surface area contributed by atoms with E-state index >= 15 is 0 Å². The van der Waals surface area contributed by atoms with E-state index in [1.54, 1.807) is 4.90 Å². The van der Waals surface area contributed by atoms with Crippen LogP contribution < -0.4 is 9.64 Å². The van der Waals surface area contributed by atoms with Crippen LogP contribution in [0.5, 0.6) is 5.75 Å². The maximum Gasteiger partial charge on any atom is 0.224 e. The van der Waals surface area contributed by atoms with Crippen molar-refractivity contribution in [3.63, 3.8) is 0 Å². The highest BCUT2D eigenvalue weighted by atomic mass is 32.1. The van der Waals surface area contributed by atoms with Crippen molar-refractivity contribution < 1.29 is 9.53 Å². The zero-order valence-electron chi connectivity index (χ0n) is 11.3. The van der Waals surface area contributed by atoms with Crippen LogP contribution in [0.4, 0.5) is 5.69 Å². The summed E-state index contributed by atoms with van der Waals surface area (Å²) in [4.78, 5) is 13.1. The summed E-state index contributed by atoms with van der Waals surface area (Å²) >= 11 is 4.17. The van der Waals surface area contributed by atoms with E-state index in [2.05, 4.69) is 12.6 Å². The number of anilines is 1. The number of carbonyl (C=O) groups is 1. The first-order valence-electron chi connectivity index (χ1n) is 6.36. The second kappa shape index (κ2) is 7.01. The third-order valence-electron chi connectivity index (χ3n) is 2.90. The number of thiol groups is 1. The van der Waals surface area contributed by atoms with Gasteiger partial charge >= 0.3 is 0 Å². The van der Waals surface area contributed by atoms with E-state index in [0.29, 0.717) is 12.5 Å². The Labute approximate surface area is 124 Å². The fourth-order valence-corrected chi connectivity index (χ4v) is 2.21. The van der Waals surface area contributed by atoms with Crippen LogP contribution in [0.25, 0.3) is 0 Å². The van der Waals surface area contributed by atoms with Crippen molar-refractivity contribution in [1.29, 1.82) is 0 Å². The largest absolute Gasteiger partial charge is 0.489 e. The van der Waals surface area contributed by atoms with E-state index < -0.39 is 0 Å². The summed E-state index contributed by atoms with van der Waals surface area (Å²) in [6, 6.07) is 17.4. The molecule has 0 aliphatic carbocycles. The molecule has 3 nitrogen and oxygen atoms in total. The monoisotopic (exact) mass is 287 g/mol. The minimum atomic E-state index is -0.0415. The molecule has 0 aliphatic rings. The molecule has 2 aromatic carbocycles. The second-order valence-corrected chi connectivity index (χ2v) is 4.64. The van der Waals surface area contributed by atoms with Crippen molar-refractivity contribution >= 4 is 24.2 Å². The van der Waals surface area contributed by atoms with Gasteiger partial charge in [-0.05, 0) is 17.7 Å². The molecule has 0 heterocycles. The summed E-state index contributed by atoms with van der Waals surface area (Å²) in [7, 11) is 0. The molecule has 104 valence electrons. The van der Waals surface area contributed by atoms with E-state index in [-0.39, 0.29) is 5.91 Å². The molecule has 0 saturated carbocycles. The number of nitrogens with zero attached hydrogens (tertiary/aromatic N) is 1. The van der Waals surface area contributed by atoms with Gasteiger partial charge in [-0.15, -0.1) is 0 Å². The van der Waals surface area contributed by atoms with Crippen LogP contribution in [0.15, 0.2) is 54.6 Å². The Hall–Kier alpha value is -1.94. The molecule has 0 unspecified atom stereocenters.